The zero-order valence-corrected chi connectivity index (χ0v) is 18.1. The first-order valence-corrected chi connectivity index (χ1v) is 10.3. The number of piperidine rings is 1. The Morgan fingerprint density at radius 2 is 1.72 bits per heavy atom. The van der Waals surface area contributed by atoms with Gasteiger partial charge in [0, 0.05) is 48.2 Å². The highest BCUT2D eigenvalue weighted by Crippen LogP contribution is 2.34. The molecular weight excluding hydrogens is 358 g/mol. The molecule has 0 aliphatic carbocycles. The van der Waals surface area contributed by atoms with Gasteiger partial charge in [-0.05, 0) is 64.3 Å². The molecule has 4 heteroatoms. The summed E-state index contributed by atoms with van der Waals surface area (Å²) in [7, 11) is 0. The minimum atomic E-state index is 0.0857. The van der Waals surface area contributed by atoms with E-state index in [4.69, 9.17) is 11.2 Å². The van der Waals surface area contributed by atoms with E-state index in [0.29, 0.717) is 6.04 Å². The van der Waals surface area contributed by atoms with Crippen LogP contribution in [0.15, 0.2) is 48.8 Å². The molecule has 1 N–H and O–H groups in total. The van der Waals surface area contributed by atoms with E-state index in [1.54, 1.807) is 0 Å². The van der Waals surface area contributed by atoms with Crippen LogP contribution in [0.5, 0.6) is 5.75 Å². The molecule has 29 heavy (non-hydrogen) atoms. The second-order valence-electron chi connectivity index (χ2n) is 9.32. The van der Waals surface area contributed by atoms with Gasteiger partial charge in [0.25, 0.3) is 0 Å². The Morgan fingerprint density at radius 3 is 2.38 bits per heavy atom. The molecule has 4 nitrogen and oxygen atoms in total. The summed E-state index contributed by atoms with van der Waals surface area (Å²) in [6.45, 7) is 11.2. The molecular formula is C25H33N3O. The number of rotatable bonds is 7. The van der Waals surface area contributed by atoms with E-state index in [9.17, 15) is 0 Å². The van der Waals surface area contributed by atoms with Crippen molar-refractivity contribution in [3.63, 3.8) is 0 Å². The summed E-state index contributed by atoms with van der Waals surface area (Å²) in [5.74, 6) is 3.44. The number of benzene rings is 1. The lowest BCUT2D eigenvalue weighted by molar-refractivity contribution is 0.0558. The summed E-state index contributed by atoms with van der Waals surface area (Å²) in [6.07, 6.45) is 11.3. The summed E-state index contributed by atoms with van der Waals surface area (Å²) in [4.78, 5) is 6.76. The number of nitrogens with zero attached hydrogens (tertiary/aromatic N) is 2. The van der Waals surface area contributed by atoms with Crippen molar-refractivity contribution in [2.45, 2.75) is 70.7 Å². The van der Waals surface area contributed by atoms with Gasteiger partial charge in [-0.15, -0.1) is 6.42 Å². The Balaban J connectivity index is 1.89. The van der Waals surface area contributed by atoms with Crippen LogP contribution in [0.25, 0.3) is 0 Å². The first-order chi connectivity index (χ1) is 13.8. The van der Waals surface area contributed by atoms with Crippen molar-refractivity contribution < 1.29 is 4.74 Å². The van der Waals surface area contributed by atoms with Gasteiger partial charge in [-0.1, -0.05) is 24.1 Å². The van der Waals surface area contributed by atoms with E-state index in [-0.39, 0.29) is 17.7 Å². The van der Waals surface area contributed by atoms with Crippen LogP contribution in [-0.4, -0.2) is 33.6 Å². The van der Waals surface area contributed by atoms with E-state index in [1.165, 1.54) is 11.1 Å². The number of aromatic nitrogens is 1. The largest absolute Gasteiger partial charge is 0.481 e. The highest BCUT2D eigenvalue weighted by molar-refractivity contribution is 5.33. The van der Waals surface area contributed by atoms with Crippen molar-refractivity contribution in [2.24, 2.45) is 0 Å². The number of pyridine rings is 1. The van der Waals surface area contributed by atoms with Crippen molar-refractivity contribution in [1.82, 2.24) is 15.2 Å². The van der Waals surface area contributed by atoms with E-state index in [1.807, 2.05) is 24.5 Å². The number of nitrogens with one attached hydrogen (secondary N) is 1. The molecule has 1 saturated heterocycles. The summed E-state index contributed by atoms with van der Waals surface area (Å²) in [5.41, 5.74) is 2.62. The third kappa shape index (κ3) is 6.06. The van der Waals surface area contributed by atoms with Gasteiger partial charge in [0.2, 0.25) is 0 Å². The van der Waals surface area contributed by atoms with E-state index in [2.05, 4.69) is 73.1 Å². The lowest BCUT2D eigenvalue weighted by atomic mass is 9.78. The third-order valence-electron chi connectivity index (χ3n) is 5.48. The zero-order chi connectivity index (χ0) is 20.9. The van der Waals surface area contributed by atoms with Gasteiger partial charge in [0.05, 0.1) is 0 Å². The first kappa shape index (κ1) is 21.4. The smallest absolute Gasteiger partial charge is 0.148 e. The predicted octanol–water partition coefficient (Wildman–Crippen LogP) is 4.41. The molecule has 0 bridgehead atoms. The topological polar surface area (TPSA) is 37.4 Å². The van der Waals surface area contributed by atoms with Gasteiger partial charge in [0.15, 0.2) is 0 Å². The van der Waals surface area contributed by atoms with Crippen LogP contribution in [0.1, 0.15) is 51.7 Å². The molecule has 1 aromatic heterocycles. The normalized spacial score (nSPS) is 18.3. The molecule has 1 aliphatic rings. The van der Waals surface area contributed by atoms with Crippen molar-refractivity contribution >= 4 is 0 Å². The Bertz CT molecular complexity index is 823. The van der Waals surface area contributed by atoms with Crippen LogP contribution in [0, 0.1) is 12.3 Å². The Morgan fingerprint density at radius 1 is 1.07 bits per heavy atom. The molecule has 0 atom stereocenters. The number of terminal acetylenes is 1. The van der Waals surface area contributed by atoms with Gasteiger partial charge in [-0.2, -0.15) is 0 Å². The lowest BCUT2D eigenvalue weighted by Gasteiger charge is -2.50. The Hall–Kier alpha value is -2.35. The summed E-state index contributed by atoms with van der Waals surface area (Å²) in [6, 6.07) is 12.9. The fraction of sp³-hybridized carbons (Fsp3) is 0.480. The van der Waals surface area contributed by atoms with E-state index >= 15 is 0 Å². The number of ether oxygens (including phenoxy) is 1. The van der Waals surface area contributed by atoms with Crippen molar-refractivity contribution in [3.05, 3.63) is 59.9 Å². The minimum Gasteiger partial charge on any atom is -0.481 e. The molecule has 0 radical (unpaired) electrons. The average molecular weight is 392 g/mol. The molecule has 0 saturated carbocycles. The highest BCUT2D eigenvalue weighted by Gasteiger charge is 2.40. The molecule has 2 heterocycles. The molecule has 0 unspecified atom stereocenters. The average Bonchev–Trinajstić information content (AvgIpc) is 2.65. The maximum atomic E-state index is 5.82. The molecule has 0 amide bonds. The van der Waals surface area contributed by atoms with Crippen LogP contribution in [0.3, 0.4) is 0 Å². The quantitative estimate of drug-likeness (QED) is 0.710. The standard InChI is InChI=1S/C25H33N3O/c1-6-15-29-23-10-8-7-9-21(23)19-28(18-20-11-13-26-14-12-20)22-16-24(2,3)27-25(4,5)17-22/h1,7-14,22,27H,15-19H2,2-5H3. The third-order valence-corrected chi connectivity index (χ3v) is 5.48. The van der Waals surface area contributed by atoms with Crippen LogP contribution in [0.2, 0.25) is 0 Å². The summed E-state index contributed by atoms with van der Waals surface area (Å²) < 4.78 is 5.82. The Labute approximate surface area is 175 Å². The van der Waals surface area contributed by atoms with Gasteiger partial charge >= 0.3 is 0 Å². The number of para-hydroxylation sites is 1. The van der Waals surface area contributed by atoms with Crippen LogP contribution < -0.4 is 10.1 Å². The Kier molecular flexibility index (Phi) is 6.62. The second-order valence-corrected chi connectivity index (χ2v) is 9.32. The second kappa shape index (κ2) is 8.98. The van der Waals surface area contributed by atoms with Gasteiger partial charge in [-0.25, -0.2) is 0 Å². The van der Waals surface area contributed by atoms with Gasteiger partial charge in [-0.3, -0.25) is 9.88 Å². The molecule has 1 aliphatic heterocycles. The SMILES string of the molecule is C#CCOc1ccccc1CN(Cc1ccncc1)C1CC(C)(C)NC(C)(C)C1. The number of hydrogen-bond donors (Lipinski definition) is 1. The fourth-order valence-corrected chi connectivity index (χ4v) is 4.68. The van der Waals surface area contributed by atoms with Crippen molar-refractivity contribution in [1.29, 1.82) is 0 Å². The van der Waals surface area contributed by atoms with Crippen LogP contribution in [0.4, 0.5) is 0 Å². The van der Waals surface area contributed by atoms with Crippen LogP contribution in [-0.2, 0) is 13.1 Å². The lowest BCUT2D eigenvalue weighted by Crippen LogP contribution is -2.62. The highest BCUT2D eigenvalue weighted by atomic mass is 16.5. The molecule has 2 aromatic rings. The molecule has 1 aromatic carbocycles. The predicted molar refractivity (Wildman–Crippen MR) is 119 cm³/mol. The maximum absolute atomic E-state index is 5.82. The molecule has 0 spiro atoms. The van der Waals surface area contributed by atoms with E-state index in [0.717, 1.165) is 31.7 Å². The van der Waals surface area contributed by atoms with Crippen LogP contribution >= 0.6 is 0 Å². The summed E-state index contributed by atoms with van der Waals surface area (Å²) >= 11 is 0. The number of hydrogen-bond acceptors (Lipinski definition) is 4. The maximum Gasteiger partial charge on any atom is 0.148 e. The van der Waals surface area contributed by atoms with Crippen molar-refractivity contribution in [2.75, 3.05) is 6.61 Å². The van der Waals surface area contributed by atoms with Crippen molar-refractivity contribution in [3.8, 4) is 18.1 Å². The molecule has 1 fully saturated rings. The minimum absolute atomic E-state index is 0.0857. The fourth-order valence-electron chi connectivity index (χ4n) is 4.68. The monoisotopic (exact) mass is 391 g/mol. The first-order valence-electron chi connectivity index (χ1n) is 10.3. The van der Waals surface area contributed by atoms with Gasteiger partial charge in [0.1, 0.15) is 12.4 Å². The zero-order valence-electron chi connectivity index (χ0n) is 18.1. The van der Waals surface area contributed by atoms with E-state index < -0.39 is 0 Å². The molecule has 154 valence electrons. The summed E-state index contributed by atoms with van der Waals surface area (Å²) in [5, 5.41) is 3.80. The van der Waals surface area contributed by atoms with Gasteiger partial charge < -0.3 is 10.1 Å². The molecule has 3 rings (SSSR count).